The molecular formula is C17H28N2O5S. The van der Waals surface area contributed by atoms with Crippen LogP contribution in [0.2, 0.25) is 0 Å². The lowest BCUT2D eigenvalue weighted by Crippen LogP contribution is -2.43. The highest BCUT2D eigenvalue weighted by atomic mass is 32.2. The summed E-state index contributed by atoms with van der Waals surface area (Å²) >= 11 is 0. The Hall–Kier alpha value is -1.48. The number of hydrogen-bond donors (Lipinski definition) is 1. The van der Waals surface area contributed by atoms with Gasteiger partial charge in [0.05, 0.1) is 25.6 Å². The number of methoxy groups -OCH3 is 1. The molecule has 0 spiro atoms. The molecule has 1 unspecified atom stereocenters. The third-order valence-electron chi connectivity index (χ3n) is 3.68. The van der Waals surface area contributed by atoms with Gasteiger partial charge in [0.15, 0.2) is 0 Å². The van der Waals surface area contributed by atoms with Crippen LogP contribution in [0.15, 0.2) is 30.3 Å². The summed E-state index contributed by atoms with van der Waals surface area (Å²) in [6.07, 6.45) is 0. The standard InChI is InChI=1S/C17H28N2O5S/c1-4-19(5-2)17(20)16(15-9-7-6-8-10-15)18-25(21,22)14-13-24-12-11-23-3/h6-10,16,18H,4-5,11-14H2,1-3H3. The van der Waals surface area contributed by atoms with Gasteiger partial charge in [0, 0.05) is 20.2 Å². The van der Waals surface area contributed by atoms with Crippen molar-refractivity contribution in [3.63, 3.8) is 0 Å². The van der Waals surface area contributed by atoms with Gasteiger partial charge in [0.2, 0.25) is 15.9 Å². The van der Waals surface area contributed by atoms with Gasteiger partial charge < -0.3 is 14.4 Å². The van der Waals surface area contributed by atoms with E-state index in [1.165, 1.54) is 0 Å². The molecule has 1 atom stereocenters. The van der Waals surface area contributed by atoms with Gasteiger partial charge in [-0.2, -0.15) is 4.72 Å². The summed E-state index contributed by atoms with van der Waals surface area (Å²) in [6.45, 7) is 5.52. The molecule has 7 nitrogen and oxygen atoms in total. The molecule has 0 aromatic heterocycles. The lowest BCUT2D eigenvalue weighted by molar-refractivity contribution is -0.132. The molecular weight excluding hydrogens is 344 g/mol. The van der Waals surface area contributed by atoms with Crippen LogP contribution in [0.4, 0.5) is 0 Å². The molecule has 0 saturated heterocycles. The Kier molecular flexibility index (Phi) is 9.66. The molecule has 142 valence electrons. The monoisotopic (exact) mass is 372 g/mol. The summed E-state index contributed by atoms with van der Waals surface area (Å²) in [5, 5.41) is 0. The molecule has 1 aromatic carbocycles. The number of ether oxygens (including phenoxy) is 2. The van der Waals surface area contributed by atoms with Crippen molar-refractivity contribution in [1.82, 2.24) is 9.62 Å². The Bertz CT molecular complexity index is 603. The van der Waals surface area contributed by atoms with E-state index in [0.717, 1.165) is 0 Å². The van der Waals surface area contributed by atoms with Gasteiger partial charge in [-0.25, -0.2) is 8.42 Å². The fourth-order valence-electron chi connectivity index (χ4n) is 2.28. The predicted octanol–water partition coefficient (Wildman–Crippen LogP) is 1.18. The normalized spacial score (nSPS) is 12.8. The number of carbonyl (C=O) groups excluding carboxylic acids is 1. The first-order chi connectivity index (χ1) is 11.9. The number of nitrogens with zero attached hydrogens (tertiary/aromatic N) is 1. The second-order valence-electron chi connectivity index (χ2n) is 5.40. The number of amides is 1. The number of hydrogen-bond acceptors (Lipinski definition) is 5. The summed E-state index contributed by atoms with van der Waals surface area (Å²) in [4.78, 5) is 14.4. The summed E-state index contributed by atoms with van der Waals surface area (Å²) in [5.41, 5.74) is 0.614. The smallest absolute Gasteiger partial charge is 0.245 e. The van der Waals surface area contributed by atoms with E-state index in [4.69, 9.17) is 9.47 Å². The summed E-state index contributed by atoms with van der Waals surface area (Å²) in [6, 6.07) is 7.92. The van der Waals surface area contributed by atoms with Gasteiger partial charge in [-0.1, -0.05) is 30.3 Å². The van der Waals surface area contributed by atoms with E-state index in [1.54, 1.807) is 36.3 Å². The molecule has 8 heteroatoms. The Labute approximate surface area is 150 Å². The Morgan fingerprint density at radius 2 is 1.76 bits per heavy atom. The third kappa shape index (κ3) is 7.52. The van der Waals surface area contributed by atoms with Crippen LogP contribution in [0.3, 0.4) is 0 Å². The van der Waals surface area contributed by atoms with Crippen LogP contribution < -0.4 is 4.72 Å². The Balaban J connectivity index is 2.84. The van der Waals surface area contributed by atoms with Crippen LogP contribution in [0.1, 0.15) is 25.5 Å². The predicted molar refractivity (Wildman–Crippen MR) is 96.7 cm³/mol. The number of rotatable bonds is 12. The fourth-order valence-corrected chi connectivity index (χ4v) is 3.33. The Morgan fingerprint density at radius 1 is 1.12 bits per heavy atom. The highest BCUT2D eigenvalue weighted by Gasteiger charge is 2.28. The topological polar surface area (TPSA) is 84.9 Å². The maximum atomic E-state index is 12.8. The molecule has 1 amide bonds. The van der Waals surface area contributed by atoms with E-state index < -0.39 is 16.1 Å². The minimum atomic E-state index is -3.67. The van der Waals surface area contributed by atoms with E-state index in [1.807, 2.05) is 19.9 Å². The molecule has 0 saturated carbocycles. The molecule has 0 aliphatic carbocycles. The van der Waals surface area contributed by atoms with Gasteiger partial charge in [-0.3, -0.25) is 4.79 Å². The van der Waals surface area contributed by atoms with Gasteiger partial charge in [0.1, 0.15) is 6.04 Å². The highest BCUT2D eigenvalue weighted by molar-refractivity contribution is 7.89. The number of benzene rings is 1. The van der Waals surface area contributed by atoms with Crippen LogP contribution in [-0.2, 0) is 24.3 Å². The zero-order chi connectivity index (χ0) is 18.7. The van der Waals surface area contributed by atoms with Crippen LogP contribution >= 0.6 is 0 Å². The maximum absolute atomic E-state index is 12.8. The minimum Gasteiger partial charge on any atom is -0.382 e. The molecule has 0 aliphatic heterocycles. The lowest BCUT2D eigenvalue weighted by Gasteiger charge is -2.26. The van der Waals surface area contributed by atoms with Gasteiger partial charge in [-0.05, 0) is 19.4 Å². The SMILES string of the molecule is CCN(CC)C(=O)C(NS(=O)(=O)CCOCCOC)c1ccccc1. The maximum Gasteiger partial charge on any atom is 0.245 e. The minimum absolute atomic E-state index is 0.0413. The Morgan fingerprint density at radius 3 is 2.32 bits per heavy atom. The van der Waals surface area contributed by atoms with Crippen molar-refractivity contribution in [2.24, 2.45) is 0 Å². The molecule has 0 fully saturated rings. The summed E-state index contributed by atoms with van der Waals surface area (Å²) in [7, 11) is -2.13. The largest absolute Gasteiger partial charge is 0.382 e. The van der Waals surface area contributed by atoms with E-state index in [-0.39, 0.29) is 18.3 Å². The first-order valence-corrected chi connectivity index (χ1v) is 10.0. The first-order valence-electron chi connectivity index (χ1n) is 8.35. The van der Waals surface area contributed by atoms with Crippen LogP contribution in [0.5, 0.6) is 0 Å². The van der Waals surface area contributed by atoms with Crippen molar-refractivity contribution in [2.75, 3.05) is 45.8 Å². The number of likely N-dealkylation sites (N-methyl/N-ethyl adjacent to an activating group) is 1. The molecule has 1 aromatic rings. The lowest BCUT2D eigenvalue weighted by atomic mass is 10.1. The van der Waals surface area contributed by atoms with Crippen molar-refractivity contribution in [1.29, 1.82) is 0 Å². The zero-order valence-corrected chi connectivity index (χ0v) is 15.9. The molecule has 0 radical (unpaired) electrons. The average Bonchev–Trinajstić information content (AvgIpc) is 2.61. The summed E-state index contributed by atoms with van der Waals surface area (Å²) < 4.78 is 37.3. The van der Waals surface area contributed by atoms with Crippen LogP contribution in [-0.4, -0.2) is 65.0 Å². The average molecular weight is 372 g/mol. The molecule has 0 bridgehead atoms. The molecule has 1 N–H and O–H groups in total. The zero-order valence-electron chi connectivity index (χ0n) is 15.1. The fraction of sp³-hybridized carbons (Fsp3) is 0.588. The molecule has 0 aliphatic rings. The third-order valence-corrected chi connectivity index (χ3v) is 4.98. The van der Waals surface area contributed by atoms with Gasteiger partial charge in [0.25, 0.3) is 0 Å². The highest BCUT2D eigenvalue weighted by Crippen LogP contribution is 2.17. The molecule has 25 heavy (non-hydrogen) atoms. The van der Waals surface area contributed by atoms with E-state index >= 15 is 0 Å². The van der Waals surface area contributed by atoms with Crippen LogP contribution in [0.25, 0.3) is 0 Å². The molecule has 0 heterocycles. The van der Waals surface area contributed by atoms with E-state index in [0.29, 0.717) is 31.9 Å². The first kappa shape index (κ1) is 21.6. The van der Waals surface area contributed by atoms with Crippen molar-refractivity contribution >= 4 is 15.9 Å². The van der Waals surface area contributed by atoms with Crippen molar-refractivity contribution in [2.45, 2.75) is 19.9 Å². The second kappa shape index (κ2) is 11.2. The van der Waals surface area contributed by atoms with Crippen molar-refractivity contribution in [3.05, 3.63) is 35.9 Å². The van der Waals surface area contributed by atoms with Crippen molar-refractivity contribution in [3.8, 4) is 0 Å². The second-order valence-corrected chi connectivity index (χ2v) is 7.27. The molecule has 1 rings (SSSR count). The number of nitrogens with one attached hydrogen (secondary N) is 1. The quantitative estimate of drug-likeness (QED) is 0.557. The van der Waals surface area contributed by atoms with E-state index in [9.17, 15) is 13.2 Å². The van der Waals surface area contributed by atoms with Crippen molar-refractivity contribution < 1.29 is 22.7 Å². The number of carbonyl (C=O) groups is 1. The van der Waals surface area contributed by atoms with Crippen LogP contribution in [0, 0.1) is 0 Å². The summed E-state index contributed by atoms with van der Waals surface area (Å²) in [5.74, 6) is -0.481. The number of sulfonamides is 1. The van der Waals surface area contributed by atoms with Gasteiger partial charge in [-0.15, -0.1) is 0 Å². The van der Waals surface area contributed by atoms with Gasteiger partial charge >= 0.3 is 0 Å². The van der Waals surface area contributed by atoms with E-state index in [2.05, 4.69) is 4.72 Å².